The smallest absolute Gasteiger partial charge is 0.231 e. The molecule has 2 aromatic rings. The highest BCUT2D eigenvalue weighted by Crippen LogP contribution is 2.32. The zero-order valence-corrected chi connectivity index (χ0v) is 15.5. The molecule has 0 heterocycles. The van der Waals surface area contributed by atoms with Crippen LogP contribution in [0, 0.1) is 0 Å². The predicted octanol–water partition coefficient (Wildman–Crippen LogP) is 4.11. The van der Waals surface area contributed by atoms with Crippen LogP contribution in [-0.4, -0.2) is 23.3 Å². The van der Waals surface area contributed by atoms with Gasteiger partial charge >= 0.3 is 0 Å². The molecule has 0 radical (unpaired) electrons. The molecule has 1 atom stereocenters. The fraction of sp³-hybridized carbons (Fsp3) is 0.364. The van der Waals surface area contributed by atoms with Crippen molar-refractivity contribution in [3.63, 3.8) is 0 Å². The lowest BCUT2D eigenvalue weighted by molar-refractivity contribution is -0.129. The lowest BCUT2D eigenvalue weighted by atomic mass is 9.82. The third-order valence-electron chi connectivity index (χ3n) is 5.08. The van der Waals surface area contributed by atoms with Gasteiger partial charge in [0.05, 0.1) is 5.92 Å². The number of hydrogen-bond donors (Lipinski definition) is 1. The van der Waals surface area contributed by atoms with Crippen LogP contribution < -0.4 is 5.32 Å². The Kier molecular flexibility index (Phi) is 5.71. The molecule has 0 aliphatic heterocycles. The number of carbonyl (C=O) groups excluding carboxylic acids is 2. The van der Waals surface area contributed by atoms with E-state index in [9.17, 15) is 9.59 Å². The van der Waals surface area contributed by atoms with Crippen molar-refractivity contribution in [2.45, 2.75) is 45.6 Å². The Morgan fingerprint density at radius 1 is 1.15 bits per heavy atom. The van der Waals surface area contributed by atoms with Gasteiger partial charge in [-0.2, -0.15) is 0 Å². The molecule has 1 N–H and O–H groups in total. The van der Waals surface area contributed by atoms with Crippen molar-refractivity contribution in [2.24, 2.45) is 0 Å². The Bertz CT molecular complexity index is 800. The molecular weight excluding hydrogens is 324 g/mol. The molecule has 0 fully saturated rings. The third kappa shape index (κ3) is 4.13. The maximum absolute atomic E-state index is 12.9. The number of rotatable bonds is 5. The molecule has 3 rings (SSSR count). The molecule has 2 aromatic carbocycles. The normalized spacial score (nSPS) is 15.8. The Balaban J connectivity index is 1.73. The highest BCUT2D eigenvalue weighted by Gasteiger charge is 2.26. The molecule has 1 aliphatic rings. The number of nitrogens with one attached hydrogen (secondary N) is 1. The minimum Gasteiger partial charge on any atom is -0.339 e. The summed E-state index contributed by atoms with van der Waals surface area (Å²) >= 11 is 0. The molecule has 0 aromatic heterocycles. The van der Waals surface area contributed by atoms with Crippen molar-refractivity contribution in [1.29, 1.82) is 0 Å². The van der Waals surface area contributed by atoms with E-state index in [0.29, 0.717) is 13.1 Å². The Hall–Kier alpha value is -2.62. The standard InChI is InChI=1S/C22H26N2O2/c1-3-24(16(2)25)15-17-8-6-11-19(14-17)23-22(26)21-13-7-10-18-9-4-5-12-20(18)21/h4-6,8-9,11-12,14,21H,3,7,10,13,15H2,1-2H3,(H,23,26). The van der Waals surface area contributed by atoms with Gasteiger partial charge < -0.3 is 10.2 Å². The number of fused-ring (bicyclic) bond motifs is 1. The summed E-state index contributed by atoms with van der Waals surface area (Å²) in [6.07, 6.45) is 2.98. The summed E-state index contributed by atoms with van der Waals surface area (Å²) in [6.45, 7) is 4.77. The fourth-order valence-electron chi connectivity index (χ4n) is 3.67. The first-order valence-corrected chi connectivity index (χ1v) is 9.31. The van der Waals surface area contributed by atoms with E-state index in [1.54, 1.807) is 11.8 Å². The lowest BCUT2D eigenvalue weighted by Gasteiger charge is -2.25. The molecule has 1 unspecified atom stereocenters. The number of benzene rings is 2. The van der Waals surface area contributed by atoms with Gasteiger partial charge in [-0.25, -0.2) is 0 Å². The molecule has 0 saturated heterocycles. The van der Waals surface area contributed by atoms with Crippen LogP contribution in [0.3, 0.4) is 0 Å². The van der Waals surface area contributed by atoms with Crippen LogP contribution in [0.15, 0.2) is 48.5 Å². The van der Waals surface area contributed by atoms with Crippen molar-refractivity contribution in [3.8, 4) is 0 Å². The predicted molar refractivity (Wildman–Crippen MR) is 104 cm³/mol. The molecule has 26 heavy (non-hydrogen) atoms. The SMILES string of the molecule is CCN(Cc1cccc(NC(=O)C2CCCc3ccccc32)c1)C(C)=O. The molecule has 4 nitrogen and oxygen atoms in total. The summed E-state index contributed by atoms with van der Waals surface area (Å²) in [5, 5.41) is 3.07. The number of carbonyl (C=O) groups is 2. The number of nitrogens with zero attached hydrogens (tertiary/aromatic N) is 1. The van der Waals surface area contributed by atoms with Crippen LogP contribution in [0.2, 0.25) is 0 Å². The summed E-state index contributed by atoms with van der Waals surface area (Å²) in [5.41, 5.74) is 4.24. The van der Waals surface area contributed by atoms with Gasteiger partial charge in [0, 0.05) is 25.7 Å². The van der Waals surface area contributed by atoms with E-state index >= 15 is 0 Å². The monoisotopic (exact) mass is 350 g/mol. The van der Waals surface area contributed by atoms with Crippen LogP contribution in [0.1, 0.15) is 49.3 Å². The average molecular weight is 350 g/mol. The number of amides is 2. The molecule has 0 saturated carbocycles. The van der Waals surface area contributed by atoms with E-state index in [-0.39, 0.29) is 17.7 Å². The summed E-state index contributed by atoms with van der Waals surface area (Å²) in [4.78, 5) is 26.3. The molecule has 4 heteroatoms. The molecule has 1 aliphatic carbocycles. The second kappa shape index (κ2) is 8.17. The first-order chi connectivity index (χ1) is 12.6. The highest BCUT2D eigenvalue weighted by molar-refractivity contribution is 5.96. The van der Waals surface area contributed by atoms with Crippen molar-refractivity contribution in [2.75, 3.05) is 11.9 Å². The largest absolute Gasteiger partial charge is 0.339 e. The van der Waals surface area contributed by atoms with E-state index in [1.807, 2.05) is 43.3 Å². The molecule has 0 spiro atoms. The zero-order valence-electron chi connectivity index (χ0n) is 15.5. The van der Waals surface area contributed by atoms with Crippen molar-refractivity contribution in [1.82, 2.24) is 4.90 Å². The summed E-state index contributed by atoms with van der Waals surface area (Å²) in [7, 11) is 0. The van der Waals surface area contributed by atoms with Gasteiger partial charge in [0.1, 0.15) is 0 Å². The lowest BCUT2D eigenvalue weighted by Crippen LogP contribution is -2.28. The van der Waals surface area contributed by atoms with Crippen LogP contribution in [-0.2, 0) is 22.6 Å². The van der Waals surface area contributed by atoms with Gasteiger partial charge in [0.25, 0.3) is 0 Å². The van der Waals surface area contributed by atoms with Crippen LogP contribution >= 0.6 is 0 Å². The van der Waals surface area contributed by atoms with Crippen molar-refractivity contribution >= 4 is 17.5 Å². The Morgan fingerprint density at radius 2 is 1.96 bits per heavy atom. The second-order valence-corrected chi connectivity index (χ2v) is 6.87. The van der Waals surface area contributed by atoms with Gasteiger partial charge in [0.15, 0.2) is 0 Å². The summed E-state index contributed by atoms with van der Waals surface area (Å²) in [5.74, 6) is 0.0157. The Morgan fingerprint density at radius 3 is 2.73 bits per heavy atom. The van der Waals surface area contributed by atoms with E-state index in [2.05, 4.69) is 17.4 Å². The maximum Gasteiger partial charge on any atom is 0.231 e. The van der Waals surface area contributed by atoms with Crippen LogP contribution in [0.25, 0.3) is 0 Å². The van der Waals surface area contributed by atoms with Crippen molar-refractivity contribution < 1.29 is 9.59 Å². The summed E-state index contributed by atoms with van der Waals surface area (Å²) < 4.78 is 0. The Labute approximate surface area is 155 Å². The fourth-order valence-corrected chi connectivity index (χ4v) is 3.67. The first kappa shape index (κ1) is 18.2. The van der Waals surface area contributed by atoms with Gasteiger partial charge in [-0.1, -0.05) is 36.4 Å². The molecular formula is C22H26N2O2. The van der Waals surface area contributed by atoms with Crippen molar-refractivity contribution in [3.05, 3.63) is 65.2 Å². The first-order valence-electron chi connectivity index (χ1n) is 9.31. The van der Waals surface area contributed by atoms with E-state index in [1.165, 1.54) is 5.56 Å². The van der Waals surface area contributed by atoms with E-state index < -0.39 is 0 Å². The van der Waals surface area contributed by atoms with Gasteiger partial charge in [-0.15, -0.1) is 0 Å². The maximum atomic E-state index is 12.9. The van der Waals surface area contributed by atoms with E-state index in [0.717, 1.165) is 36.1 Å². The number of anilines is 1. The number of aryl methyl sites for hydroxylation is 1. The van der Waals surface area contributed by atoms with Crippen LogP contribution in [0.5, 0.6) is 0 Å². The second-order valence-electron chi connectivity index (χ2n) is 6.87. The van der Waals surface area contributed by atoms with Gasteiger partial charge in [-0.05, 0) is 55.0 Å². The molecule has 136 valence electrons. The zero-order chi connectivity index (χ0) is 18.5. The quantitative estimate of drug-likeness (QED) is 0.882. The molecule has 2 amide bonds. The molecule has 0 bridgehead atoms. The van der Waals surface area contributed by atoms with Gasteiger partial charge in [-0.3, -0.25) is 9.59 Å². The van der Waals surface area contributed by atoms with Gasteiger partial charge in [0.2, 0.25) is 11.8 Å². The third-order valence-corrected chi connectivity index (χ3v) is 5.08. The highest BCUT2D eigenvalue weighted by atomic mass is 16.2. The van der Waals surface area contributed by atoms with Crippen LogP contribution in [0.4, 0.5) is 5.69 Å². The van der Waals surface area contributed by atoms with E-state index in [4.69, 9.17) is 0 Å². The summed E-state index contributed by atoms with van der Waals surface area (Å²) in [6, 6.07) is 16.0. The minimum absolute atomic E-state index is 0.0493. The topological polar surface area (TPSA) is 49.4 Å². The average Bonchev–Trinajstić information content (AvgIpc) is 2.65. The number of hydrogen-bond acceptors (Lipinski definition) is 2. The minimum atomic E-state index is -0.0898.